The van der Waals surface area contributed by atoms with Gasteiger partial charge in [0.25, 0.3) is 0 Å². The zero-order valence-corrected chi connectivity index (χ0v) is 13.1. The van der Waals surface area contributed by atoms with Crippen LogP contribution in [-0.4, -0.2) is 28.3 Å². The number of aromatic nitrogens is 1. The minimum absolute atomic E-state index is 0.189. The third-order valence-electron chi connectivity index (χ3n) is 4.05. The summed E-state index contributed by atoms with van der Waals surface area (Å²) in [6.45, 7) is 6.25. The highest BCUT2D eigenvalue weighted by molar-refractivity contribution is 5.41. The van der Waals surface area contributed by atoms with Gasteiger partial charge in [0.15, 0.2) is 17.3 Å². The van der Waals surface area contributed by atoms with Crippen molar-refractivity contribution in [3.8, 4) is 11.5 Å². The number of aryl methyl sites for hydroxylation is 1. The van der Waals surface area contributed by atoms with Crippen molar-refractivity contribution in [2.45, 2.75) is 39.3 Å². The zero-order valence-electron chi connectivity index (χ0n) is 13.1. The summed E-state index contributed by atoms with van der Waals surface area (Å²) >= 11 is 0. The van der Waals surface area contributed by atoms with Crippen LogP contribution in [0.2, 0.25) is 0 Å². The summed E-state index contributed by atoms with van der Waals surface area (Å²) in [4.78, 5) is 2.39. The van der Waals surface area contributed by atoms with Gasteiger partial charge in [-0.15, -0.1) is 0 Å². The fraction of sp³-hybridized carbons (Fsp3) is 0.471. The van der Waals surface area contributed by atoms with Crippen molar-refractivity contribution in [3.63, 3.8) is 0 Å². The van der Waals surface area contributed by atoms with E-state index in [1.54, 1.807) is 6.07 Å². The molecule has 22 heavy (non-hydrogen) atoms. The highest BCUT2D eigenvalue weighted by atomic mass is 16.5. The molecule has 0 bridgehead atoms. The minimum atomic E-state index is 0.189. The van der Waals surface area contributed by atoms with E-state index in [4.69, 9.17) is 9.26 Å². The summed E-state index contributed by atoms with van der Waals surface area (Å²) in [6.07, 6.45) is 2.24. The molecule has 1 atom stereocenters. The predicted molar refractivity (Wildman–Crippen MR) is 82.9 cm³/mol. The van der Waals surface area contributed by atoms with Gasteiger partial charge in [-0.3, -0.25) is 4.90 Å². The maximum absolute atomic E-state index is 9.80. The molecule has 1 fully saturated rings. The molecule has 5 nitrogen and oxygen atoms in total. The molecule has 5 heteroatoms. The van der Waals surface area contributed by atoms with Crippen molar-refractivity contribution in [1.82, 2.24) is 10.1 Å². The highest BCUT2D eigenvalue weighted by Gasteiger charge is 2.29. The van der Waals surface area contributed by atoms with Gasteiger partial charge in [0.1, 0.15) is 0 Å². The van der Waals surface area contributed by atoms with Gasteiger partial charge in [0.05, 0.1) is 18.3 Å². The molecule has 0 aliphatic carbocycles. The predicted octanol–water partition coefficient (Wildman–Crippen LogP) is 3.42. The molecule has 0 radical (unpaired) electrons. The Hall–Kier alpha value is -2.01. The first kappa shape index (κ1) is 14.9. The van der Waals surface area contributed by atoms with E-state index < -0.39 is 0 Å². The summed E-state index contributed by atoms with van der Waals surface area (Å²) in [5.41, 5.74) is 2.05. The average Bonchev–Trinajstić information content (AvgIpc) is 3.11. The summed E-state index contributed by atoms with van der Waals surface area (Å²) in [7, 11) is 0. The number of rotatable bonds is 5. The van der Waals surface area contributed by atoms with Crippen LogP contribution in [0.15, 0.2) is 28.8 Å². The fourth-order valence-electron chi connectivity index (χ4n) is 3.04. The topological polar surface area (TPSA) is 58.7 Å². The van der Waals surface area contributed by atoms with Crippen LogP contribution in [0, 0.1) is 6.92 Å². The molecule has 1 aliphatic rings. The van der Waals surface area contributed by atoms with Gasteiger partial charge >= 0.3 is 0 Å². The number of benzene rings is 1. The number of likely N-dealkylation sites (tertiary alicyclic amines) is 1. The molecule has 1 aromatic heterocycles. The normalized spacial score (nSPS) is 18.7. The van der Waals surface area contributed by atoms with E-state index in [1.165, 1.54) is 0 Å². The average molecular weight is 302 g/mol. The van der Waals surface area contributed by atoms with E-state index in [0.29, 0.717) is 12.4 Å². The standard InChI is InChI=1S/C17H22N2O3/c1-3-21-17-10-13(6-7-15(17)20)11-19-8-4-5-14(19)16-9-12(2)18-22-16/h6-7,9-10,14,20H,3-5,8,11H2,1-2H3. The lowest BCUT2D eigenvalue weighted by molar-refractivity contribution is 0.206. The third-order valence-corrected chi connectivity index (χ3v) is 4.05. The van der Waals surface area contributed by atoms with Crippen molar-refractivity contribution in [2.75, 3.05) is 13.2 Å². The number of aromatic hydroxyl groups is 1. The van der Waals surface area contributed by atoms with Crippen molar-refractivity contribution in [2.24, 2.45) is 0 Å². The van der Waals surface area contributed by atoms with Gasteiger partial charge in [-0.2, -0.15) is 0 Å². The van der Waals surface area contributed by atoms with Crippen LogP contribution in [0.1, 0.15) is 42.8 Å². The maximum atomic E-state index is 9.80. The number of hydrogen-bond acceptors (Lipinski definition) is 5. The molecular formula is C17H22N2O3. The van der Waals surface area contributed by atoms with E-state index in [-0.39, 0.29) is 11.8 Å². The Kier molecular flexibility index (Phi) is 4.34. The summed E-state index contributed by atoms with van der Waals surface area (Å²) in [5.74, 6) is 1.68. The van der Waals surface area contributed by atoms with Gasteiger partial charge in [0, 0.05) is 12.6 Å². The second kappa shape index (κ2) is 6.40. The van der Waals surface area contributed by atoms with Crippen LogP contribution in [0.3, 0.4) is 0 Å². The van der Waals surface area contributed by atoms with Gasteiger partial charge in [-0.1, -0.05) is 11.2 Å². The molecule has 118 valence electrons. The number of ether oxygens (including phenoxy) is 1. The molecule has 2 heterocycles. The van der Waals surface area contributed by atoms with E-state index >= 15 is 0 Å². The van der Waals surface area contributed by atoms with Crippen molar-refractivity contribution < 1.29 is 14.4 Å². The molecule has 0 amide bonds. The van der Waals surface area contributed by atoms with Crippen molar-refractivity contribution >= 4 is 0 Å². The maximum Gasteiger partial charge on any atom is 0.161 e. The first-order valence-corrected chi connectivity index (χ1v) is 7.79. The van der Waals surface area contributed by atoms with Gasteiger partial charge in [0.2, 0.25) is 0 Å². The second-order valence-electron chi connectivity index (χ2n) is 5.73. The summed E-state index contributed by atoms with van der Waals surface area (Å²) in [6, 6.07) is 7.86. The molecule has 3 rings (SSSR count). The summed E-state index contributed by atoms with van der Waals surface area (Å²) < 4.78 is 10.9. The van der Waals surface area contributed by atoms with Crippen molar-refractivity contribution in [1.29, 1.82) is 0 Å². The number of nitrogens with zero attached hydrogens (tertiary/aromatic N) is 2. The third kappa shape index (κ3) is 3.09. The lowest BCUT2D eigenvalue weighted by Crippen LogP contribution is -2.22. The molecule has 1 aromatic carbocycles. The van der Waals surface area contributed by atoms with Crippen LogP contribution in [0.5, 0.6) is 11.5 Å². The second-order valence-corrected chi connectivity index (χ2v) is 5.73. The van der Waals surface area contributed by atoms with E-state index in [2.05, 4.69) is 10.1 Å². The number of phenolic OH excluding ortho intramolecular Hbond substituents is 1. The minimum Gasteiger partial charge on any atom is -0.504 e. The number of hydrogen-bond donors (Lipinski definition) is 1. The van der Waals surface area contributed by atoms with E-state index in [0.717, 1.165) is 42.9 Å². The molecule has 0 saturated carbocycles. The Morgan fingerprint density at radius 1 is 1.41 bits per heavy atom. The lowest BCUT2D eigenvalue weighted by atomic mass is 10.1. The molecule has 0 spiro atoms. The van der Waals surface area contributed by atoms with E-state index in [9.17, 15) is 5.11 Å². The largest absolute Gasteiger partial charge is 0.504 e. The Bertz CT molecular complexity index is 639. The Morgan fingerprint density at radius 2 is 2.27 bits per heavy atom. The van der Waals surface area contributed by atoms with Gasteiger partial charge in [-0.05, 0) is 50.9 Å². The molecule has 1 aliphatic heterocycles. The quantitative estimate of drug-likeness (QED) is 0.917. The van der Waals surface area contributed by atoms with Gasteiger partial charge in [-0.25, -0.2) is 0 Å². The lowest BCUT2D eigenvalue weighted by Gasteiger charge is -2.22. The van der Waals surface area contributed by atoms with Crippen LogP contribution >= 0.6 is 0 Å². The van der Waals surface area contributed by atoms with Crippen LogP contribution in [-0.2, 0) is 6.54 Å². The molecule has 1 saturated heterocycles. The van der Waals surface area contributed by atoms with Crippen molar-refractivity contribution in [3.05, 3.63) is 41.3 Å². The molecule has 1 N–H and O–H groups in total. The number of phenols is 1. The first-order valence-electron chi connectivity index (χ1n) is 7.79. The Morgan fingerprint density at radius 3 is 3.00 bits per heavy atom. The fourth-order valence-corrected chi connectivity index (χ4v) is 3.04. The molecule has 1 unspecified atom stereocenters. The van der Waals surface area contributed by atoms with Crippen LogP contribution in [0.4, 0.5) is 0 Å². The first-order chi connectivity index (χ1) is 10.7. The summed E-state index contributed by atoms with van der Waals surface area (Å²) in [5, 5.41) is 13.8. The SMILES string of the molecule is CCOc1cc(CN2CCCC2c2cc(C)no2)ccc1O. The van der Waals surface area contributed by atoms with Crippen LogP contribution in [0.25, 0.3) is 0 Å². The Balaban J connectivity index is 1.75. The monoisotopic (exact) mass is 302 g/mol. The Labute approximate surface area is 130 Å². The molecular weight excluding hydrogens is 280 g/mol. The zero-order chi connectivity index (χ0) is 15.5. The molecule has 2 aromatic rings. The van der Waals surface area contributed by atoms with Gasteiger partial charge < -0.3 is 14.4 Å². The smallest absolute Gasteiger partial charge is 0.161 e. The van der Waals surface area contributed by atoms with E-state index in [1.807, 2.05) is 32.0 Å². The highest BCUT2D eigenvalue weighted by Crippen LogP contribution is 2.34. The van der Waals surface area contributed by atoms with Crippen LogP contribution < -0.4 is 4.74 Å².